The van der Waals surface area contributed by atoms with E-state index in [1.807, 2.05) is 6.08 Å². The fourth-order valence-corrected chi connectivity index (χ4v) is 9.66. The molecule has 412 valence electrons. The Balaban J connectivity index is 2.17. The first-order valence-electron chi connectivity index (χ1n) is 30.2. The molecular formula is C61H115NO8. The maximum atomic E-state index is 13.0. The third kappa shape index (κ3) is 39.9. The summed E-state index contributed by atoms with van der Waals surface area (Å²) in [7, 11) is 0. The van der Waals surface area contributed by atoms with E-state index in [1.54, 1.807) is 6.08 Å². The van der Waals surface area contributed by atoms with Crippen molar-refractivity contribution >= 4 is 5.91 Å². The van der Waals surface area contributed by atoms with Crippen molar-refractivity contribution in [3.05, 3.63) is 36.5 Å². The average molecular weight is 991 g/mol. The molecule has 0 aliphatic carbocycles. The number of carbonyl (C=O) groups is 1. The van der Waals surface area contributed by atoms with Crippen molar-refractivity contribution in [1.29, 1.82) is 0 Å². The van der Waals surface area contributed by atoms with Crippen LogP contribution < -0.4 is 5.32 Å². The van der Waals surface area contributed by atoms with Crippen molar-refractivity contribution in [2.75, 3.05) is 13.2 Å². The van der Waals surface area contributed by atoms with Gasteiger partial charge >= 0.3 is 0 Å². The van der Waals surface area contributed by atoms with Crippen LogP contribution in [0.5, 0.6) is 0 Å². The summed E-state index contributed by atoms with van der Waals surface area (Å²) >= 11 is 0. The highest BCUT2D eigenvalue weighted by molar-refractivity contribution is 5.76. The molecule has 1 fully saturated rings. The number of nitrogens with one attached hydrogen (secondary N) is 1. The van der Waals surface area contributed by atoms with E-state index in [4.69, 9.17) is 9.47 Å². The van der Waals surface area contributed by atoms with Crippen LogP contribution in [0, 0.1) is 0 Å². The fourth-order valence-electron chi connectivity index (χ4n) is 9.66. The maximum Gasteiger partial charge on any atom is 0.220 e. The van der Waals surface area contributed by atoms with Crippen LogP contribution in [0.15, 0.2) is 36.5 Å². The minimum Gasteiger partial charge on any atom is -0.394 e. The van der Waals surface area contributed by atoms with E-state index >= 15 is 0 Å². The molecule has 1 aliphatic heterocycles. The Morgan fingerprint density at radius 1 is 0.486 bits per heavy atom. The monoisotopic (exact) mass is 990 g/mol. The molecule has 0 saturated carbocycles. The lowest BCUT2D eigenvalue weighted by Crippen LogP contribution is -2.60. The zero-order chi connectivity index (χ0) is 50.8. The lowest BCUT2D eigenvalue weighted by atomic mass is 9.99. The molecule has 0 radical (unpaired) electrons. The van der Waals surface area contributed by atoms with Crippen LogP contribution >= 0.6 is 0 Å². The van der Waals surface area contributed by atoms with E-state index in [2.05, 4.69) is 43.5 Å². The summed E-state index contributed by atoms with van der Waals surface area (Å²) in [6, 6.07) is -0.810. The van der Waals surface area contributed by atoms with Crippen molar-refractivity contribution < 1.29 is 39.8 Å². The third-order valence-electron chi connectivity index (χ3n) is 14.5. The molecule has 1 heterocycles. The summed E-state index contributed by atoms with van der Waals surface area (Å²) in [5.74, 6) is -0.182. The van der Waals surface area contributed by atoms with E-state index in [0.29, 0.717) is 6.42 Å². The molecule has 0 aromatic carbocycles. The molecule has 1 aliphatic rings. The van der Waals surface area contributed by atoms with Gasteiger partial charge in [0.05, 0.1) is 25.4 Å². The molecule has 6 N–H and O–H groups in total. The molecule has 0 aromatic heterocycles. The molecule has 1 amide bonds. The lowest BCUT2D eigenvalue weighted by molar-refractivity contribution is -0.302. The lowest BCUT2D eigenvalue weighted by Gasteiger charge is -2.40. The van der Waals surface area contributed by atoms with E-state index in [1.165, 1.54) is 212 Å². The van der Waals surface area contributed by atoms with Gasteiger partial charge in [0.15, 0.2) is 6.29 Å². The number of hydrogen-bond donors (Lipinski definition) is 6. The average Bonchev–Trinajstić information content (AvgIpc) is 3.36. The summed E-state index contributed by atoms with van der Waals surface area (Å²) in [6.45, 7) is 3.78. The molecule has 0 spiro atoms. The van der Waals surface area contributed by atoms with Crippen LogP contribution in [-0.4, -0.2) is 87.5 Å². The zero-order valence-electron chi connectivity index (χ0n) is 45.8. The van der Waals surface area contributed by atoms with Gasteiger partial charge in [0, 0.05) is 6.42 Å². The second kappa shape index (κ2) is 50.9. The number of amides is 1. The quantitative estimate of drug-likeness (QED) is 0.0261. The SMILES string of the molecule is CCCCC/C=C\C/C=C\CCCCCCCCCC(=O)NC(COC1OC(CO)C(O)C(O)C1O)C(O)/C=C/CCCCCCCCCCCCCCCCCCCCCCCCCCCCCC. The van der Waals surface area contributed by atoms with Crippen LogP contribution in [0.1, 0.15) is 290 Å². The third-order valence-corrected chi connectivity index (χ3v) is 14.5. The summed E-state index contributed by atoms with van der Waals surface area (Å²) in [4.78, 5) is 13.0. The number of allylic oxidation sites excluding steroid dienone is 5. The Bertz CT molecular complexity index is 1190. The van der Waals surface area contributed by atoms with Gasteiger partial charge in [-0.15, -0.1) is 0 Å². The highest BCUT2D eigenvalue weighted by Crippen LogP contribution is 2.23. The van der Waals surface area contributed by atoms with Crippen LogP contribution in [0.3, 0.4) is 0 Å². The summed E-state index contributed by atoms with van der Waals surface area (Å²) in [5.41, 5.74) is 0. The van der Waals surface area contributed by atoms with Crippen LogP contribution in [0.25, 0.3) is 0 Å². The Morgan fingerprint density at radius 3 is 1.26 bits per heavy atom. The first kappa shape index (κ1) is 66.4. The number of carbonyl (C=O) groups excluding carboxylic acids is 1. The number of aliphatic hydroxyl groups excluding tert-OH is 5. The molecule has 0 aromatic rings. The van der Waals surface area contributed by atoms with Gasteiger partial charge in [0.2, 0.25) is 5.91 Å². The van der Waals surface area contributed by atoms with Gasteiger partial charge in [-0.05, 0) is 51.4 Å². The second-order valence-electron chi connectivity index (χ2n) is 21.1. The maximum absolute atomic E-state index is 13.0. The number of ether oxygens (including phenoxy) is 2. The molecule has 70 heavy (non-hydrogen) atoms. The van der Waals surface area contributed by atoms with Crippen molar-refractivity contribution in [3.8, 4) is 0 Å². The number of unbranched alkanes of at least 4 members (excludes halogenated alkanes) is 38. The van der Waals surface area contributed by atoms with Gasteiger partial charge < -0.3 is 40.3 Å². The highest BCUT2D eigenvalue weighted by atomic mass is 16.7. The summed E-state index contributed by atoms with van der Waals surface area (Å²) in [5, 5.41) is 54.5. The van der Waals surface area contributed by atoms with Gasteiger partial charge in [-0.25, -0.2) is 0 Å². The van der Waals surface area contributed by atoms with Crippen molar-refractivity contribution in [2.45, 2.75) is 333 Å². The van der Waals surface area contributed by atoms with Gasteiger partial charge in [-0.2, -0.15) is 0 Å². The van der Waals surface area contributed by atoms with Crippen LogP contribution in [0.4, 0.5) is 0 Å². The molecule has 7 unspecified atom stereocenters. The Labute approximate surface area is 431 Å². The number of rotatable bonds is 52. The molecule has 1 rings (SSSR count). The highest BCUT2D eigenvalue weighted by Gasteiger charge is 2.44. The van der Waals surface area contributed by atoms with Gasteiger partial charge in [0.1, 0.15) is 24.4 Å². The fraction of sp³-hybridized carbons (Fsp3) is 0.885. The van der Waals surface area contributed by atoms with E-state index in [0.717, 1.165) is 57.8 Å². The predicted molar refractivity (Wildman–Crippen MR) is 295 cm³/mol. The molecule has 9 nitrogen and oxygen atoms in total. The second-order valence-corrected chi connectivity index (χ2v) is 21.1. The molecule has 0 bridgehead atoms. The van der Waals surface area contributed by atoms with Crippen molar-refractivity contribution in [3.63, 3.8) is 0 Å². The summed E-state index contributed by atoms with van der Waals surface area (Å²) in [6.07, 6.45) is 59.4. The topological polar surface area (TPSA) is 149 Å². The minimum atomic E-state index is -1.57. The van der Waals surface area contributed by atoms with Gasteiger partial charge in [-0.3, -0.25) is 4.79 Å². The molecular weight excluding hydrogens is 875 g/mol. The van der Waals surface area contributed by atoms with E-state index in [-0.39, 0.29) is 12.5 Å². The van der Waals surface area contributed by atoms with Gasteiger partial charge in [0.25, 0.3) is 0 Å². The van der Waals surface area contributed by atoms with Crippen molar-refractivity contribution in [2.24, 2.45) is 0 Å². The largest absolute Gasteiger partial charge is 0.394 e. The van der Waals surface area contributed by atoms with E-state index in [9.17, 15) is 30.3 Å². The predicted octanol–water partition coefficient (Wildman–Crippen LogP) is 15.1. The molecule has 9 heteroatoms. The summed E-state index contributed by atoms with van der Waals surface area (Å²) < 4.78 is 11.3. The number of aliphatic hydroxyl groups is 5. The Morgan fingerprint density at radius 2 is 0.843 bits per heavy atom. The van der Waals surface area contributed by atoms with Gasteiger partial charge in [-0.1, -0.05) is 269 Å². The minimum absolute atomic E-state index is 0.182. The molecule has 7 atom stereocenters. The van der Waals surface area contributed by atoms with Crippen LogP contribution in [-0.2, 0) is 14.3 Å². The standard InChI is InChI=1S/C61H115NO8/c1-3-5-7-9-11-13-15-17-19-21-22-23-24-25-26-27-28-29-30-31-32-33-35-36-38-40-42-44-46-48-50-55(64)54(53-69-61-60(68)59(67)58(66)56(52-63)70-61)62-57(65)51-49-47-45-43-41-39-37-34-20-18-16-14-12-10-8-6-4-2/h12,14,18,20,48,50,54-56,58-61,63-64,66-68H,3-11,13,15-17,19,21-47,49,51-53H2,1-2H3,(H,62,65)/b14-12-,20-18-,50-48+. The number of hydrogen-bond acceptors (Lipinski definition) is 8. The Hall–Kier alpha value is -1.59. The first-order chi connectivity index (χ1) is 34.3. The normalized spacial score (nSPS) is 19.6. The van der Waals surface area contributed by atoms with Crippen molar-refractivity contribution in [1.82, 2.24) is 5.32 Å². The van der Waals surface area contributed by atoms with E-state index < -0.39 is 49.5 Å². The zero-order valence-corrected chi connectivity index (χ0v) is 45.8. The first-order valence-corrected chi connectivity index (χ1v) is 30.2. The molecule has 1 saturated heterocycles. The van der Waals surface area contributed by atoms with Crippen LogP contribution in [0.2, 0.25) is 0 Å². The Kier molecular flexibility index (Phi) is 48.3. The smallest absolute Gasteiger partial charge is 0.220 e.